The number of rotatable bonds is 3. The molecule has 4 heteroatoms. The number of nitrogens with two attached hydrogens (primary N) is 1. The fraction of sp³-hybridized carbons (Fsp3) is 0.583. The van der Waals surface area contributed by atoms with Crippen LogP contribution in [0.1, 0.15) is 26.0 Å². The molecule has 1 aliphatic carbocycles. The van der Waals surface area contributed by atoms with E-state index in [2.05, 4.69) is 13.8 Å². The van der Waals surface area contributed by atoms with Crippen molar-refractivity contribution >= 4 is 0 Å². The zero-order valence-electron chi connectivity index (χ0n) is 9.82. The van der Waals surface area contributed by atoms with Gasteiger partial charge in [-0.15, -0.1) is 0 Å². The second kappa shape index (κ2) is 3.63. The molecule has 4 nitrogen and oxygen atoms in total. The van der Waals surface area contributed by atoms with Crippen LogP contribution in [-0.4, -0.2) is 7.11 Å². The normalized spacial score (nSPS) is 28.2. The van der Waals surface area contributed by atoms with Gasteiger partial charge in [0.05, 0.1) is 18.7 Å². The van der Waals surface area contributed by atoms with Crippen molar-refractivity contribution in [2.45, 2.75) is 25.8 Å². The minimum absolute atomic E-state index is 0.378. The Hall–Kier alpha value is -1.29. The van der Waals surface area contributed by atoms with Gasteiger partial charge in [-0.25, -0.2) is 4.79 Å². The second-order valence-corrected chi connectivity index (χ2v) is 4.78. The van der Waals surface area contributed by atoms with Crippen molar-refractivity contribution in [3.8, 4) is 5.75 Å². The van der Waals surface area contributed by atoms with Gasteiger partial charge in [0.15, 0.2) is 0 Å². The maximum atomic E-state index is 11.3. The van der Waals surface area contributed by atoms with Crippen LogP contribution in [0.2, 0.25) is 0 Å². The third-order valence-corrected chi connectivity index (χ3v) is 3.30. The summed E-state index contributed by atoms with van der Waals surface area (Å²) in [5.74, 6) is 1.91. The van der Waals surface area contributed by atoms with Crippen LogP contribution in [0.15, 0.2) is 21.3 Å². The highest BCUT2D eigenvalue weighted by molar-refractivity contribution is 5.30. The summed E-state index contributed by atoms with van der Waals surface area (Å²) in [5, 5.41) is 0. The summed E-state index contributed by atoms with van der Waals surface area (Å²) in [6, 6.07) is 3.03. The molecule has 0 saturated heterocycles. The summed E-state index contributed by atoms with van der Waals surface area (Å²) in [6.07, 6.45) is 0.862. The third kappa shape index (κ3) is 1.73. The molecule has 0 bridgehead atoms. The molecular formula is C12H17NO3. The van der Waals surface area contributed by atoms with Crippen molar-refractivity contribution in [2.24, 2.45) is 17.6 Å². The van der Waals surface area contributed by atoms with E-state index in [1.54, 1.807) is 6.07 Å². The van der Waals surface area contributed by atoms with Gasteiger partial charge in [0.25, 0.3) is 0 Å². The summed E-state index contributed by atoms with van der Waals surface area (Å²) in [4.78, 5) is 11.3. The van der Waals surface area contributed by atoms with E-state index in [0.29, 0.717) is 23.3 Å². The van der Waals surface area contributed by atoms with Crippen LogP contribution >= 0.6 is 0 Å². The molecule has 16 heavy (non-hydrogen) atoms. The summed E-state index contributed by atoms with van der Waals surface area (Å²) < 4.78 is 10.2. The van der Waals surface area contributed by atoms with Gasteiger partial charge in [-0.1, -0.05) is 13.8 Å². The van der Waals surface area contributed by atoms with Crippen LogP contribution in [0, 0.1) is 11.8 Å². The summed E-state index contributed by atoms with van der Waals surface area (Å²) in [6.45, 7) is 4.25. The predicted molar refractivity (Wildman–Crippen MR) is 60.3 cm³/mol. The highest BCUT2D eigenvalue weighted by atomic mass is 16.5. The first-order valence-corrected chi connectivity index (χ1v) is 5.46. The van der Waals surface area contributed by atoms with E-state index in [1.807, 2.05) is 0 Å². The lowest BCUT2D eigenvalue weighted by molar-refractivity contribution is 0.358. The molecule has 1 heterocycles. The minimum atomic E-state index is -0.484. The van der Waals surface area contributed by atoms with Crippen LogP contribution in [0.3, 0.4) is 0 Å². The molecule has 1 fully saturated rings. The molecule has 0 aromatic carbocycles. The van der Waals surface area contributed by atoms with E-state index in [0.717, 1.165) is 6.42 Å². The van der Waals surface area contributed by atoms with Crippen molar-refractivity contribution in [3.63, 3.8) is 0 Å². The topological polar surface area (TPSA) is 65.5 Å². The number of hydrogen-bond acceptors (Lipinski definition) is 4. The van der Waals surface area contributed by atoms with E-state index >= 15 is 0 Å². The first-order chi connectivity index (χ1) is 7.47. The van der Waals surface area contributed by atoms with E-state index in [4.69, 9.17) is 14.9 Å². The molecule has 0 spiro atoms. The highest BCUT2D eigenvalue weighted by Gasteiger charge is 2.55. The molecule has 88 valence electrons. The van der Waals surface area contributed by atoms with Crippen molar-refractivity contribution in [1.82, 2.24) is 0 Å². The van der Waals surface area contributed by atoms with Crippen LogP contribution in [0.4, 0.5) is 0 Å². The van der Waals surface area contributed by atoms with Gasteiger partial charge in [-0.2, -0.15) is 0 Å². The van der Waals surface area contributed by atoms with E-state index < -0.39 is 11.2 Å². The first kappa shape index (κ1) is 11.2. The number of hydrogen-bond donors (Lipinski definition) is 1. The largest absolute Gasteiger partial charge is 0.496 e. The monoisotopic (exact) mass is 223 g/mol. The number of ether oxygens (including phenoxy) is 1. The third-order valence-electron chi connectivity index (χ3n) is 3.30. The average molecular weight is 223 g/mol. The molecule has 2 atom stereocenters. The van der Waals surface area contributed by atoms with Crippen LogP contribution < -0.4 is 16.1 Å². The predicted octanol–water partition coefficient (Wildman–Crippen LogP) is 1.48. The fourth-order valence-electron chi connectivity index (χ4n) is 2.22. The summed E-state index contributed by atoms with van der Waals surface area (Å²) in [7, 11) is 1.52. The van der Waals surface area contributed by atoms with Crippen molar-refractivity contribution < 1.29 is 9.15 Å². The molecule has 0 aliphatic heterocycles. The van der Waals surface area contributed by atoms with E-state index in [1.165, 1.54) is 13.2 Å². The average Bonchev–Trinajstić information content (AvgIpc) is 2.92. The fourth-order valence-corrected chi connectivity index (χ4v) is 2.22. The van der Waals surface area contributed by atoms with Gasteiger partial charge in [0.1, 0.15) is 11.5 Å². The van der Waals surface area contributed by atoms with Gasteiger partial charge in [0.2, 0.25) is 0 Å². The van der Waals surface area contributed by atoms with Crippen LogP contribution in [0.25, 0.3) is 0 Å². The molecular weight excluding hydrogens is 206 g/mol. The minimum Gasteiger partial charge on any atom is -0.496 e. The van der Waals surface area contributed by atoms with Crippen molar-refractivity contribution in [2.75, 3.05) is 7.11 Å². The Morgan fingerprint density at radius 2 is 2.25 bits per heavy atom. The summed E-state index contributed by atoms with van der Waals surface area (Å²) >= 11 is 0. The molecule has 1 aromatic rings. The lowest BCUT2D eigenvalue weighted by Gasteiger charge is -2.12. The van der Waals surface area contributed by atoms with Crippen LogP contribution in [-0.2, 0) is 5.54 Å². The van der Waals surface area contributed by atoms with Crippen molar-refractivity contribution in [3.05, 3.63) is 28.3 Å². The van der Waals surface area contributed by atoms with Crippen molar-refractivity contribution in [1.29, 1.82) is 0 Å². The Bertz CT molecular complexity index is 452. The Morgan fingerprint density at radius 3 is 2.75 bits per heavy atom. The van der Waals surface area contributed by atoms with Crippen LogP contribution in [0.5, 0.6) is 5.75 Å². The Morgan fingerprint density at radius 1 is 1.56 bits per heavy atom. The molecule has 2 N–H and O–H groups in total. The van der Waals surface area contributed by atoms with Gasteiger partial charge in [-0.05, 0) is 18.3 Å². The maximum absolute atomic E-state index is 11.3. The van der Waals surface area contributed by atoms with Gasteiger partial charge < -0.3 is 14.9 Å². The lowest BCUT2D eigenvalue weighted by atomic mass is 10.0. The lowest BCUT2D eigenvalue weighted by Crippen LogP contribution is -2.25. The SMILES string of the molecule is COc1cc(C2(N)CC2C(C)C)oc(=O)c1. The Kier molecular flexibility index (Phi) is 2.54. The van der Waals surface area contributed by atoms with E-state index in [-0.39, 0.29) is 0 Å². The van der Waals surface area contributed by atoms with E-state index in [9.17, 15) is 4.79 Å². The van der Waals surface area contributed by atoms with Gasteiger partial charge in [0, 0.05) is 6.07 Å². The molecule has 1 aromatic heterocycles. The molecule has 0 amide bonds. The zero-order chi connectivity index (χ0) is 11.9. The molecule has 2 unspecified atom stereocenters. The maximum Gasteiger partial charge on any atom is 0.339 e. The Labute approximate surface area is 94.4 Å². The second-order valence-electron chi connectivity index (χ2n) is 4.78. The highest BCUT2D eigenvalue weighted by Crippen LogP contribution is 2.53. The number of methoxy groups -OCH3 is 1. The standard InChI is InChI=1S/C12H17NO3/c1-7(2)9-6-12(9,13)10-4-8(15-3)5-11(14)16-10/h4-5,7,9H,6,13H2,1-3H3. The molecule has 1 saturated carbocycles. The molecule has 1 aliphatic rings. The molecule has 0 radical (unpaired) electrons. The smallest absolute Gasteiger partial charge is 0.339 e. The zero-order valence-corrected chi connectivity index (χ0v) is 9.82. The Balaban J connectivity index is 2.35. The van der Waals surface area contributed by atoms with Gasteiger partial charge in [-0.3, -0.25) is 0 Å². The molecule has 2 rings (SSSR count). The van der Waals surface area contributed by atoms with Gasteiger partial charge >= 0.3 is 5.63 Å². The first-order valence-electron chi connectivity index (χ1n) is 5.46. The summed E-state index contributed by atoms with van der Waals surface area (Å²) in [5.41, 5.74) is 5.32. The quantitative estimate of drug-likeness (QED) is 0.842.